The van der Waals surface area contributed by atoms with Gasteiger partial charge in [0, 0.05) is 23.0 Å². The molecule has 1 atom stereocenters. The van der Waals surface area contributed by atoms with E-state index in [4.69, 9.17) is 4.74 Å². The quantitative estimate of drug-likeness (QED) is 0.767. The van der Waals surface area contributed by atoms with Crippen LogP contribution in [0, 0.1) is 0 Å². The summed E-state index contributed by atoms with van der Waals surface area (Å²) in [6, 6.07) is 7.09. The summed E-state index contributed by atoms with van der Waals surface area (Å²) < 4.78 is 44.0. The van der Waals surface area contributed by atoms with Gasteiger partial charge in [-0.05, 0) is 11.6 Å². The topological polar surface area (TPSA) is 35.0 Å². The molecule has 0 aliphatic heterocycles. The molecule has 0 spiro atoms. The summed E-state index contributed by atoms with van der Waals surface area (Å²) in [6.45, 7) is 0. The zero-order chi connectivity index (χ0) is 15.5. The SMILES string of the molecule is COc1cc(CC(Br)c2ccccc2C(F)(F)F)ncn1. The Kier molecular flexibility index (Phi) is 4.82. The molecule has 1 unspecified atom stereocenters. The molecule has 0 aliphatic carbocycles. The van der Waals surface area contributed by atoms with Crippen LogP contribution in [0.15, 0.2) is 36.7 Å². The predicted molar refractivity (Wildman–Crippen MR) is 75.4 cm³/mol. The number of aromatic nitrogens is 2. The molecule has 0 radical (unpaired) electrons. The fraction of sp³-hybridized carbons (Fsp3) is 0.286. The Labute approximate surface area is 128 Å². The van der Waals surface area contributed by atoms with Crippen molar-refractivity contribution >= 4 is 15.9 Å². The van der Waals surface area contributed by atoms with E-state index in [1.165, 1.54) is 25.6 Å². The molecule has 0 saturated carbocycles. The van der Waals surface area contributed by atoms with Crippen molar-refractivity contribution in [3.8, 4) is 5.88 Å². The van der Waals surface area contributed by atoms with Crippen LogP contribution < -0.4 is 4.74 Å². The molecule has 21 heavy (non-hydrogen) atoms. The predicted octanol–water partition coefficient (Wildman–Crippen LogP) is 4.18. The van der Waals surface area contributed by atoms with Gasteiger partial charge in [-0.15, -0.1) is 0 Å². The minimum absolute atomic E-state index is 0.183. The van der Waals surface area contributed by atoms with E-state index in [0.29, 0.717) is 18.0 Å². The molecule has 0 aliphatic rings. The van der Waals surface area contributed by atoms with E-state index < -0.39 is 16.6 Å². The summed E-state index contributed by atoms with van der Waals surface area (Å²) in [5.41, 5.74) is 0.135. The Bertz CT molecular complexity index is 619. The fourth-order valence-electron chi connectivity index (χ4n) is 1.92. The van der Waals surface area contributed by atoms with Crippen molar-refractivity contribution < 1.29 is 17.9 Å². The molecule has 1 aromatic carbocycles. The molecule has 0 fully saturated rings. The standard InChI is InChI=1S/C14H12BrF3N2O/c1-21-13-7-9(19-8-20-13)6-12(15)10-4-2-3-5-11(10)14(16,17)18/h2-5,7-8,12H,6H2,1H3. The number of alkyl halides is 4. The first kappa shape index (κ1) is 15.8. The van der Waals surface area contributed by atoms with E-state index in [1.54, 1.807) is 12.1 Å². The number of hydrogen-bond donors (Lipinski definition) is 0. The Morgan fingerprint density at radius 1 is 1.24 bits per heavy atom. The van der Waals surface area contributed by atoms with E-state index in [2.05, 4.69) is 25.9 Å². The van der Waals surface area contributed by atoms with Crippen molar-refractivity contribution in [2.45, 2.75) is 17.4 Å². The molecular formula is C14H12BrF3N2O. The maximum atomic E-state index is 13.0. The van der Waals surface area contributed by atoms with Gasteiger partial charge in [0.05, 0.1) is 12.7 Å². The minimum atomic E-state index is -4.38. The van der Waals surface area contributed by atoms with Crippen molar-refractivity contribution in [1.82, 2.24) is 9.97 Å². The second-order valence-corrected chi connectivity index (χ2v) is 5.41. The van der Waals surface area contributed by atoms with Gasteiger partial charge in [0.15, 0.2) is 0 Å². The van der Waals surface area contributed by atoms with Crippen molar-refractivity contribution in [2.75, 3.05) is 7.11 Å². The molecule has 1 heterocycles. The van der Waals surface area contributed by atoms with Crippen molar-refractivity contribution in [1.29, 1.82) is 0 Å². The summed E-state index contributed by atoms with van der Waals surface area (Å²) in [6.07, 6.45) is -2.76. The van der Waals surface area contributed by atoms with Crippen LogP contribution in [0.3, 0.4) is 0 Å². The Balaban J connectivity index is 2.26. The first-order valence-corrected chi connectivity index (χ1v) is 6.98. The lowest BCUT2D eigenvalue weighted by atomic mass is 10.0. The molecule has 2 rings (SSSR count). The maximum Gasteiger partial charge on any atom is 0.416 e. The van der Waals surface area contributed by atoms with E-state index in [1.807, 2.05) is 0 Å². The van der Waals surface area contributed by atoms with Gasteiger partial charge in [-0.2, -0.15) is 13.2 Å². The van der Waals surface area contributed by atoms with Gasteiger partial charge in [-0.1, -0.05) is 34.1 Å². The van der Waals surface area contributed by atoms with Gasteiger partial charge >= 0.3 is 6.18 Å². The van der Waals surface area contributed by atoms with Crippen molar-refractivity contribution in [2.24, 2.45) is 0 Å². The molecule has 7 heteroatoms. The minimum Gasteiger partial charge on any atom is -0.481 e. The number of rotatable bonds is 4. The van der Waals surface area contributed by atoms with Crippen LogP contribution in [-0.2, 0) is 12.6 Å². The highest BCUT2D eigenvalue weighted by Gasteiger charge is 2.34. The number of halogens is 4. The molecule has 0 bridgehead atoms. The molecular weight excluding hydrogens is 349 g/mol. The monoisotopic (exact) mass is 360 g/mol. The smallest absolute Gasteiger partial charge is 0.416 e. The van der Waals surface area contributed by atoms with Gasteiger partial charge in [0.1, 0.15) is 6.33 Å². The zero-order valence-corrected chi connectivity index (χ0v) is 12.6. The fourth-order valence-corrected chi connectivity index (χ4v) is 2.65. The lowest BCUT2D eigenvalue weighted by Gasteiger charge is -2.17. The van der Waals surface area contributed by atoms with Crippen LogP contribution in [0.4, 0.5) is 13.2 Å². The lowest BCUT2D eigenvalue weighted by Crippen LogP contribution is -2.11. The van der Waals surface area contributed by atoms with Gasteiger partial charge in [-0.3, -0.25) is 0 Å². The highest BCUT2D eigenvalue weighted by atomic mass is 79.9. The van der Waals surface area contributed by atoms with E-state index in [9.17, 15) is 13.2 Å². The Hall–Kier alpha value is -1.63. The molecule has 0 amide bonds. The van der Waals surface area contributed by atoms with E-state index in [0.717, 1.165) is 6.07 Å². The average molecular weight is 361 g/mol. The summed E-state index contributed by atoms with van der Waals surface area (Å²) >= 11 is 3.31. The van der Waals surface area contributed by atoms with Crippen molar-refractivity contribution in [3.63, 3.8) is 0 Å². The van der Waals surface area contributed by atoms with Gasteiger partial charge < -0.3 is 4.74 Å². The van der Waals surface area contributed by atoms with E-state index >= 15 is 0 Å². The second kappa shape index (κ2) is 6.43. The third-order valence-electron chi connectivity index (χ3n) is 2.90. The van der Waals surface area contributed by atoms with Crippen LogP contribution in [0.2, 0.25) is 0 Å². The third kappa shape index (κ3) is 3.93. The zero-order valence-electron chi connectivity index (χ0n) is 11.1. The van der Waals surface area contributed by atoms with Crippen LogP contribution in [0.25, 0.3) is 0 Å². The van der Waals surface area contributed by atoms with Gasteiger partial charge in [0.25, 0.3) is 0 Å². The van der Waals surface area contributed by atoms with Crippen LogP contribution in [-0.4, -0.2) is 17.1 Å². The summed E-state index contributed by atoms with van der Waals surface area (Å²) in [4.78, 5) is 7.40. The Morgan fingerprint density at radius 2 is 1.95 bits per heavy atom. The van der Waals surface area contributed by atoms with Crippen LogP contribution >= 0.6 is 15.9 Å². The number of ether oxygens (including phenoxy) is 1. The molecule has 112 valence electrons. The van der Waals surface area contributed by atoms with E-state index in [-0.39, 0.29) is 5.56 Å². The Morgan fingerprint density at radius 3 is 2.62 bits per heavy atom. The number of hydrogen-bond acceptors (Lipinski definition) is 3. The molecule has 2 aromatic rings. The summed E-state index contributed by atoms with van der Waals surface area (Å²) in [5, 5.41) is 0. The first-order valence-electron chi connectivity index (χ1n) is 6.07. The third-order valence-corrected chi connectivity index (χ3v) is 3.72. The number of benzene rings is 1. The van der Waals surface area contributed by atoms with Crippen LogP contribution in [0.1, 0.15) is 21.6 Å². The summed E-state index contributed by atoms with van der Waals surface area (Å²) in [5.74, 6) is 0.379. The van der Waals surface area contributed by atoms with Crippen molar-refractivity contribution in [3.05, 3.63) is 53.5 Å². The average Bonchev–Trinajstić information content (AvgIpc) is 2.46. The second-order valence-electron chi connectivity index (χ2n) is 4.31. The molecule has 1 aromatic heterocycles. The first-order chi connectivity index (χ1) is 9.91. The van der Waals surface area contributed by atoms with Gasteiger partial charge in [0.2, 0.25) is 5.88 Å². The molecule has 0 N–H and O–H groups in total. The highest BCUT2D eigenvalue weighted by molar-refractivity contribution is 9.09. The van der Waals surface area contributed by atoms with Gasteiger partial charge in [-0.25, -0.2) is 9.97 Å². The lowest BCUT2D eigenvalue weighted by molar-refractivity contribution is -0.138. The number of nitrogens with zero attached hydrogens (tertiary/aromatic N) is 2. The largest absolute Gasteiger partial charge is 0.481 e. The normalized spacial score (nSPS) is 13.0. The summed E-state index contributed by atoms with van der Waals surface area (Å²) in [7, 11) is 1.47. The number of methoxy groups -OCH3 is 1. The highest BCUT2D eigenvalue weighted by Crippen LogP contribution is 2.38. The van der Waals surface area contributed by atoms with Crippen LogP contribution in [0.5, 0.6) is 5.88 Å². The molecule has 3 nitrogen and oxygen atoms in total. The molecule has 0 saturated heterocycles. The maximum absolute atomic E-state index is 13.0.